The topological polar surface area (TPSA) is 114 Å². The molecule has 0 aliphatic heterocycles. The first-order valence-electron chi connectivity index (χ1n) is 5.01. The zero-order valence-corrected chi connectivity index (χ0v) is 8.99. The van der Waals surface area contributed by atoms with Crippen LogP contribution in [0.5, 0.6) is 0 Å². The highest BCUT2D eigenvalue weighted by Gasteiger charge is 2.12. The fourth-order valence-electron chi connectivity index (χ4n) is 1.59. The van der Waals surface area contributed by atoms with Crippen molar-refractivity contribution in [2.24, 2.45) is 5.73 Å². The number of fused-ring (bicyclic) bond motifs is 1. The Labute approximate surface area is 97.0 Å². The third kappa shape index (κ3) is 2.20. The molecule has 0 saturated carbocycles. The van der Waals surface area contributed by atoms with Gasteiger partial charge in [-0.1, -0.05) is 0 Å². The van der Waals surface area contributed by atoms with Gasteiger partial charge in [-0.2, -0.15) is 0 Å². The average molecular weight is 232 g/mol. The van der Waals surface area contributed by atoms with Crippen LogP contribution < -0.4 is 16.8 Å². The maximum Gasteiger partial charge on any atom is 0.253 e. The Morgan fingerprint density at radius 2 is 2.12 bits per heavy atom. The van der Waals surface area contributed by atoms with Gasteiger partial charge in [-0.05, 0) is 18.2 Å². The second-order valence-electron chi connectivity index (χ2n) is 3.66. The molecule has 0 unspecified atom stereocenters. The molecular weight excluding hydrogens is 220 g/mol. The van der Waals surface area contributed by atoms with E-state index in [1.807, 2.05) is 0 Å². The predicted molar refractivity (Wildman–Crippen MR) is 64.2 cm³/mol. The van der Waals surface area contributed by atoms with Crippen LogP contribution in [0.4, 0.5) is 5.69 Å². The number of aromatic nitrogens is 1. The molecular formula is C11H12N4O2. The fourth-order valence-corrected chi connectivity index (χ4v) is 1.59. The Hall–Kier alpha value is -2.50. The van der Waals surface area contributed by atoms with Crippen LogP contribution >= 0.6 is 0 Å². The number of benzene rings is 1. The van der Waals surface area contributed by atoms with E-state index in [1.165, 1.54) is 0 Å². The molecule has 6 N–H and O–H groups in total. The van der Waals surface area contributed by atoms with Gasteiger partial charge in [0.15, 0.2) is 0 Å². The maximum atomic E-state index is 11.7. The first-order chi connectivity index (χ1) is 8.08. The van der Waals surface area contributed by atoms with Gasteiger partial charge in [0.25, 0.3) is 5.91 Å². The number of hydrogen-bond acceptors (Lipinski definition) is 3. The molecule has 1 heterocycles. The van der Waals surface area contributed by atoms with Crippen LogP contribution in [-0.4, -0.2) is 23.3 Å². The summed E-state index contributed by atoms with van der Waals surface area (Å²) in [5.74, 6) is -0.928. The van der Waals surface area contributed by atoms with E-state index < -0.39 is 5.91 Å². The minimum absolute atomic E-state index is 0.180. The molecule has 0 aliphatic carbocycles. The highest BCUT2D eigenvalue weighted by molar-refractivity contribution is 6.07. The van der Waals surface area contributed by atoms with E-state index in [9.17, 15) is 9.59 Å². The van der Waals surface area contributed by atoms with Crippen molar-refractivity contribution < 1.29 is 9.59 Å². The average Bonchev–Trinajstić information content (AvgIpc) is 2.68. The lowest BCUT2D eigenvalue weighted by molar-refractivity contribution is -0.117. The molecule has 17 heavy (non-hydrogen) atoms. The first kappa shape index (κ1) is 11.0. The molecule has 1 aromatic heterocycles. The lowest BCUT2D eigenvalue weighted by atomic mass is 10.1. The van der Waals surface area contributed by atoms with Gasteiger partial charge in [-0.25, -0.2) is 0 Å². The van der Waals surface area contributed by atoms with E-state index in [4.69, 9.17) is 11.5 Å². The molecule has 0 saturated heterocycles. The zero-order chi connectivity index (χ0) is 12.4. The molecule has 0 radical (unpaired) electrons. The Morgan fingerprint density at radius 1 is 1.35 bits per heavy atom. The second-order valence-corrected chi connectivity index (χ2v) is 3.66. The van der Waals surface area contributed by atoms with Gasteiger partial charge in [0.1, 0.15) is 0 Å². The van der Waals surface area contributed by atoms with E-state index in [0.29, 0.717) is 11.3 Å². The second kappa shape index (κ2) is 4.17. The van der Waals surface area contributed by atoms with Crippen molar-refractivity contribution in [1.82, 2.24) is 10.3 Å². The molecule has 6 heteroatoms. The number of nitrogen functional groups attached to an aromatic ring is 1. The number of amides is 2. The minimum atomic E-state index is -0.581. The van der Waals surface area contributed by atoms with E-state index in [2.05, 4.69) is 10.3 Å². The number of carbonyl (C=O) groups excluding carboxylic acids is 2. The first-order valence-corrected chi connectivity index (χ1v) is 5.01. The summed E-state index contributed by atoms with van der Waals surface area (Å²) in [6.07, 6.45) is 1.57. The normalized spacial score (nSPS) is 10.4. The van der Waals surface area contributed by atoms with Gasteiger partial charge in [-0.15, -0.1) is 0 Å². The molecule has 0 bridgehead atoms. The van der Waals surface area contributed by atoms with E-state index in [1.54, 1.807) is 24.4 Å². The van der Waals surface area contributed by atoms with Crippen molar-refractivity contribution in [3.8, 4) is 0 Å². The van der Waals surface area contributed by atoms with Gasteiger partial charge < -0.3 is 21.8 Å². The number of H-pyrrole nitrogens is 1. The summed E-state index contributed by atoms with van der Waals surface area (Å²) < 4.78 is 0. The maximum absolute atomic E-state index is 11.7. The van der Waals surface area contributed by atoms with Crippen molar-refractivity contribution in [3.63, 3.8) is 0 Å². The van der Waals surface area contributed by atoms with E-state index in [0.717, 1.165) is 10.9 Å². The number of hydrogen-bond donors (Lipinski definition) is 4. The SMILES string of the molecule is NC(=O)CNC(=O)c1c[nH]c2cc(N)ccc12. The van der Waals surface area contributed by atoms with Crippen molar-refractivity contribution in [2.75, 3.05) is 12.3 Å². The summed E-state index contributed by atoms with van der Waals surface area (Å²) >= 11 is 0. The summed E-state index contributed by atoms with van der Waals surface area (Å²) in [7, 11) is 0. The van der Waals surface area contributed by atoms with Gasteiger partial charge in [-0.3, -0.25) is 9.59 Å². The monoisotopic (exact) mass is 232 g/mol. The Kier molecular flexibility index (Phi) is 2.70. The highest BCUT2D eigenvalue weighted by Crippen LogP contribution is 2.20. The number of nitrogens with one attached hydrogen (secondary N) is 2. The zero-order valence-electron chi connectivity index (χ0n) is 8.99. The molecule has 6 nitrogen and oxygen atoms in total. The molecule has 0 fully saturated rings. The Bertz CT molecular complexity index is 588. The number of carbonyl (C=O) groups is 2. The number of nitrogens with two attached hydrogens (primary N) is 2. The summed E-state index contributed by atoms with van der Waals surface area (Å²) in [5, 5.41) is 3.18. The summed E-state index contributed by atoms with van der Waals surface area (Å²) in [6, 6.07) is 5.20. The third-order valence-corrected chi connectivity index (χ3v) is 2.37. The quantitative estimate of drug-likeness (QED) is 0.557. The van der Waals surface area contributed by atoms with Crippen LogP contribution in [0.2, 0.25) is 0 Å². The minimum Gasteiger partial charge on any atom is -0.399 e. The lowest BCUT2D eigenvalue weighted by Gasteiger charge is -2.01. The van der Waals surface area contributed by atoms with E-state index in [-0.39, 0.29) is 12.5 Å². The molecule has 2 amide bonds. The number of anilines is 1. The van der Waals surface area contributed by atoms with Crippen LogP contribution in [0.1, 0.15) is 10.4 Å². The number of aromatic amines is 1. The lowest BCUT2D eigenvalue weighted by Crippen LogP contribution is -2.33. The molecule has 0 aliphatic rings. The fraction of sp³-hybridized carbons (Fsp3) is 0.0909. The van der Waals surface area contributed by atoms with Gasteiger partial charge >= 0.3 is 0 Å². The Balaban J connectivity index is 2.29. The van der Waals surface area contributed by atoms with Crippen LogP contribution in [0.3, 0.4) is 0 Å². The van der Waals surface area contributed by atoms with Crippen LogP contribution in [0.25, 0.3) is 10.9 Å². The van der Waals surface area contributed by atoms with Crippen molar-refractivity contribution in [3.05, 3.63) is 30.0 Å². The largest absolute Gasteiger partial charge is 0.399 e. The van der Waals surface area contributed by atoms with Crippen LogP contribution in [-0.2, 0) is 4.79 Å². The smallest absolute Gasteiger partial charge is 0.253 e. The van der Waals surface area contributed by atoms with Crippen LogP contribution in [0.15, 0.2) is 24.4 Å². The molecule has 88 valence electrons. The number of primary amides is 1. The van der Waals surface area contributed by atoms with E-state index >= 15 is 0 Å². The van der Waals surface area contributed by atoms with Crippen molar-refractivity contribution >= 4 is 28.4 Å². The summed E-state index contributed by atoms with van der Waals surface area (Å²) in [4.78, 5) is 25.2. The van der Waals surface area contributed by atoms with Gasteiger partial charge in [0.2, 0.25) is 5.91 Å². The van der Waals surface area contributed by atoms with Gasteiger partial charge in [0.05, 0.1) is 12.1 Å². The standard InChI is InChI=1S/C11H12N4O2/c12-6-1-2-7-8(4-14-9(7)3-6)11(17)15-5-10(13)16/h1-4,14H,5,12H2,(H2,13,16)(H,15,17). The molecule has 2 rings (SSSR count). The van der Waals surface area contributed by atoms with Crippen molar-refractivity contribution in [2.45, 2.75) is 0 Å². The Morgan fingerprint density at radius 3 is 2.82 bits per heavy atom. The van der Waals surface area contributed by atoms with Gasteiger partial charge in [0, 0.05) is 22.8 Å². The van der Waals surface area contributed by atoms with Crippen molar-refractivity contribution in [1.29, 1.82) is 0 Å². The summed E-state index contributed by atoms with van der Waals surface area (Å²) in [5.41, 5.74) is 12.4. The molecule has 2 aromatic rings. The summed E-state index contributed by atoms with van der Waals surface area (Å²) in [6.45, 7) is -0.180. The third-order valence-electron chi connectivity index (χ3n) is 2.37. The molecule has 0 atom stereocenters. The molecule has 1 aromatic carbocycles. The molecule has 0 spiro atoms. The van der Waals surface area contributed by atoms with Crippen LogP contribution in [0, 0.1) is 0 Å². The highest BCUT2D eigenvalue weighted by atomic mass is 16.2. The predicted octanol–water partition coefficient (Wildman–Crippen LogP) is -0.0348. The number of rotatable bonds is 3.